The van der Waals surface area contributed by atoms with E-state index in [0.29, 0.717) is 12.1 Å². The second kappa shape index (κ2) is 5.54. The van der Waals surface area contributed by atoms with Gasteiger partial charge in [-0.3, -0.25) is 4.90 Å². The van der Waals surface area contributed by atoms with Gasteiger partial charge in [-0.15, -0.1) is 0 Å². The van der Waals surface area contributed by atoms with Crippen molar-refractivity contribution in [2.75, 3.05) is 12.3 Å². The number of nitrogens with zero attached hydrogens (tertiary/aromatic N) is 1. The maximum absolute atomic E-state index is 5.76. The number of rotatable bonds is 3. The van der Waals surface area contributed by atoms with E-state index in [4.69, 9.17) is 5.73 Å². The van der Waals surface area contributed by atoms with Gasteiger partial charge >= 0.3 is 0 Å². The molecule has 0 aromatic heterocycles. The lowest BCUT2D eigenvalue weighted by atomic mass is 9.93. The zero-order valence-corrected chi connectivity index (χ0v) is 11.0. The summed E-state index contributed by atoms with van der Waals surface area (Å²) in [6.45, 7) is 5.86. The number of hydrogen-bond acceptors (Lipinski definition) is 2. The standard InChI is InChI=1S/C15H24N2/c1-3-12(2)17-11-5-4-6-15(17)13-7-9-14(16)10-8-13/h7-10,12,15H,3-6,11,16H2,1-2H3. The minimum absolute atomic E-state index is 0.597. The summed E-state index contributed by atoms with van der Waals surface area (Å²) < 4.78 is 0. The van der Waals surface area contributed by atoms with Crippen molar-refractivity contribution in [2.45, 2.75) is 51.6 Å². The quantitative estimate of drug-likeness (QED) is 0.807. The zero-order valence-electron chi connectivity index (χ0n) is 11.0. The van der Waals surface area contributed by atoms with Gasteiger partial charge in [0, 0.05) is 17.8 Å². The van der Waals surface area contributed by atoms with E-state index in [-0.39, 0.29) is 0 Å². The Balaban J connectivity index is 2.18. The van der Waals surface area contributed by atoms with Crippen LogP contribution in [0.3, 0.4) is 0 Å². The van der Waals surface area contributed by atoms with Crippen LogP contribution in [0, 0.1) is 0 Å². The molecule has 1 heterocycles. The van der Waals surface area contributed by atoms with Crippen molar-refractivity contribution in [1.29, 1.82) is 0 Å². The molecule has 94 valence electrons. The highest BCUT2D eigenvalue weighted by Crippen LogP contribution is 2.33. The summed E-state index contributed by atoms with van der Waals surface area (Å²) in [5.41, 5.74) is 8.05. The van der Waals surface area contributed by atoms with E-state index in [1.54, 1.807) is 0 Å². The first-order chi connectivity index (χ1) is 8.22. The van der Waals surface area contributed by atoms with Gasteiger partial charge in [0.1, 0.15) is 0 Å². The maximum Gasteiger partial charge on any atom is 0.0350 e. The molecule has 1 aliphatic heterocycles. The lowest BCUT2D eigenvalue weighted by Crippen LogP contribution is -2.39. The largest absolute Gasteiger partial charge is 0.399 e. The molecule has 0 bridgehead atoms. The lowest BCUT2D eigenvalue weighted by molar-refractivity contribution is 0.101. The molecule has 0 saturated carbocycles. The van der Waals surface area contributed by atoms with E-state index in [1.165, 1.54) is 37.8 Å². The smallest absolute Gasteiger partial charge is 0.0350 e. The summed E-state index contributed by atoms with van der Waals surface area (Å²) in [4.78, 5) is 2.66. The predicted molar refractivity (Wildman–Crippen MR) is 73.9 cm³/mol. The normalized spacial score (nSPS) is 23.5. The number of anilines is 1. The second-order valence-corrected chi connectivity index (χ2v) is 5.17. The lowest BCUT2D eigenvalue weighted by Gasteiger charge is -2.40. The topological polar surface area (TPSA) is 29.3 Å². The average molecular weight is 232 g/mol. The Morgan fingerprint density at radius 3 is 2.65 bits per heavy atom. The van der Waals surface area contributed by atoms with Crippen LogP contribution < -0.4 is 5.73 Å². The summed E-state index contributed by atoms with van der Waals surface area (Å²) in [5, 5.41) is 0. The Bertz CT molecular complexity index is 344. The summed E-state index contributed by atoms with van der Waals surface area (Å²) in [5.74, 6) is 0. The molecule has 2 atom stereocenters. The number of hydrogen-bond donors (Lipinski definition) is 1. The first kappa shape index (κ1) is 12.4. The van der Waals surface area contributed by atoms with E-state index in [9.17, 15) is 0 Å². The minimum Gasteiger partial charge on any atom is -0.399 e. The van der Waals surface area contributed by atoms with Gasteiger partial charge in [-0.05, 0) is 50.4 Å². The van der Waals surface area contributed by atoms with Gasteiger partial charge in [-0.25, -0.2) is 0 Å². The first-order valence-corrected chi connectivity index (χ1v) is 6.83. The number of likely N-dealkylation sites (tertiary alicyclic amines) is 1. The van der Waals surface area contributed by atoms with Crippen molar-refractivity contribution < 1.29 is 0 Å². The number of benzene rings is 1. The van der Waals surface area contributed by atoms with Gasteiger partial charge in [-0.1, -0.05) is 25.5 Å². The monoisotopic (exact) mass is 232 g/mol. The van der Waals surface area contributed by atoms with Crippen molar-refractivity contribution in [2.24, 2.45) is 0 Å². The maximum atomic E-state index is 5.76. The SMILES string of the molecule is CCC(C)N1CCCCC1c1ccc(N)cc1. The molecule has 1 fully saturated rings. The molecule has 2 nitrogen and oxygen atoms in total. The van der Waals surface area contributed by atoms with Crippen molar-refractivity contribution in [3.05, 3.63) is 29.8 Å². The van der Waals surface area contributed by atoms with Crippen LogP contribution in [-0.2, 0) is 0 Å². The van der Waals surface area contributed by atoms with E-state index in [2.05, 4.69) is 30.9 Å². The van der Waals surface area contributed by atoms with Crippen molar-refractivity contribution in [1.82, 2.24) is 4.90 Å². The van der Waals surface area contributed by atoms with Crippen LogP contribution in [-0.4, -0.2) is 17.5 Å². The highest BCUT2D eigenvalue weighted by molar-refractivity contribution is 5.40. The fourth-order valence-electron chi connectivity index (χ4n) is 2.79. The van der Waals surface area contributed by atoms with E-state index in [0.717, 1.165) is 5.69 Å². The molecule has 2 unspecified atom stereocenters. The fourth-order valence-corrected chi connectivity index (χ4v) is 2.79. The molecular formula is C15H24N2. The van der Waals surface area contributed by atoms with Crippen LogP contribution in [0.5, 0.6) is 0 Å². The summed E-state index contributed by atoms with van der Waals surface area (Å²) >= 11 is 0. The molecule has 2 N–H and O–H groups in total. The van der Waals surface area contributed by atoms with E-state index < -0.39 is 0 Å². The highest BCUT2D eigenvalue weighted by atomic mass is 15.2. The Hall–Kier alpha value is -1.02. The van der Waals surface area contributed by atoms with Crippen LogP contribution in [0.25, 0.3) is 0 Å². The first-order valence-electron chi connectivity index (χ1n) is 6.83. The van der Waals surface area contributed by atoms with Crippen LogP contribution in [0.15, 0.2) is 24.3 Å². The molecule has 17 heavy (non-hydrogen) atoms. The average Bonchev–Trinajstić information content (AvgIpc) is 2.39. The third kappa shape index (κ3) is 2.81. The van der Waals surface area contributed by atoms with Crippen LogP contribution in [0.2, 0.25) is 0 Å². The minimum atomic E-state index is 0.597. The van der Waals surface area contributed by atoms with Gasteiger partial charge in [0.25, 0.3) is 0 Å². The van der Waals surface area contributed by atoms with Gasteiger partial charge < -0.3 is 5.73 Å². The molecule has 1 saturated heterocycles. The number of nitrogen functional groups attached to an aromatic ring is 1. The summed E-state index contributed by atoms with van der Waals surface area (Å²) in [6.07, 6.45) is 5.21. The van der Waals surface area contributed by atoms with Gasteiger partial charge in [0.2, 0.25) is 0 Å². The third-order valence-corrected chi connectivity index (χ3v) is 4.02. The Kier molecular flexibility index (Phi) is 4.06. The molecule has 0 radical (unpaired) electrons. The van der Waals surface area contributed by atoms with Crippen LogP contribution in [0.4, 0.5) is 5.69 Å². The summed E-state index contributed by atoms with van der Waals surface area (Å²) in [6, 6.07) is 9.72. The molecule has 1 aliphatic rings. The Morgan fingerprint density at radius 1 is 1.29 bits per heavy atom. The van der Waals surface area contributed by atoms with Gasteiger partial charge in [-0.2, -0.15) is 0 Å². The second-order valence-electron chi connectivity index (χ2n) is 5.17. The number of nitrogens with two attached hydrogens (primary N) is 1. The summed E-state index contributed by atoms with van der Waals surface area (Å²) in [7, 11) is 0. The Labute approximate surface area is 105 Å². The van der Waals surface area contributed by atoms with Crippen LogP contribution >= 0.6 is 0 Å². The predicted octanol–water partition coefficient (Wildman–Crippen LogP) is 3.59. The van der Waals surface area contributed by atoms with Gasteiger partial charge in [0.05, 0.1) is 0 Å². The van der Waals surface area contributed by atoms with Crippen LogP contribution in [0.1, 0.15) is 51.1 Å². The molecule has 0 spiro atoms. The number of piperidine rings is 1. The molecule has 2 heteroatoms. The molecule has 0 amide bonds. The zero-order chi connectivity index (χ0) is 12.3. The molecule has 2 rings (SSSR count). The highest BCUT2D eigenvalue weighted by Gasteiger charge is 2.26. The van der Waals surface area contributed by atoms with Crippen molar-refractivity contribution in [3.8, 4) is 0 Å². The molecule has 1 aromatic rings. The molecule has 0 aliphatic carbocycles. The van der Waals surface area contributed by atoms with E-state index >= 15 is 0 Å². The van der Waals surface area contributed by atoms with E-state index in [1.807, 2.05) is 12.1 Å². The van der Waals surface area contributed by atoms with Gasteiger partial charge in [0.15, 0.2) is 0 Å². The molecular weight excluding hydrogens is 208 g/mol. The van der Waals surface area contributed by atoms with Crippen molar-refractivity contribution >= 4 is 5.69 Å². The molecule has 1 aromatic carbocycles. The fraction of sp³-hybridized carbons (Fsp3) is 0.600. The Morgan fingerprint density at radius 2 is 2.00 bits per heavy atom. The van der Waals surface area contributed by atoms with Crippen molar-refractivity contribution in [3.63, 3.8) is 0 Å². The third-order valence-electron chi connectivity index (χ3n) is 4.02.